The van der Waals surface area contributed by atoms with Crippen molar-refractivity contribution in [2.75, 3.05) is 13.7 Å². The number of carbonyl (C=O) groups is 1. The number of benzene rings is 1. The molecule has 0 amide bonds. The van der Waals surface area contributed by atoms with Crippen molar-refractivity contribution in [3.05, 3.63) is 63.9 Å². The van der Waals surface area contributed by atoms with Gasteiger partial charge in [0.05, 0.1) is 36.3 Å². The van der Waals surface area contributed by atoms with Gasteiger partial charge in [0.15, 0.2) is 5.96 Å². The first-order valence-electron chi connectivity index (χ1n) is 9.73. The fourth-order valence-electron chi connectivity index (χ4n) is 2.80. The minimum Gasteiger partial charge on any atom is -0.462 e. The van der Waals surface area contributed by atoms with Gasteiger partial charge < -0.3 is 15.4 Å². The molecule has 1 unspecified atom stereocenters. The van der Waals surface area contributed by atoms with E-state index in [9.17, 15) is 4.79 Å². The van der Waals surface area contributed by atoms with Crippen molar-refractivity contribution in [1.29, 1.82) is 0 Å². The summed E-state index contributed by atoms with van der Waals surface area (Å²) in [5.41, 5.74) is 2.58. The highest BCUT2D eigenvalue weighted by Crippen LogP contribution is 2.24. The van der Waals surface area contributed by atoms with Gasteiger partial charge in [-0.1, -0.05) is 18.2 Å². The number of guanidine groups is 1. The second-order valence-electron chi connectivity index (χ2n) is 6.57. The molecule has 0 fully saturated rings. The van der Waals surface area contributed by atoms with E-state index in [-0.39, 0.29) is 12.0 Å². The molecular formula is C21H26N6O2S. The van der Waals surface area contributed by atoms with Crippen molar-refractivity contribution in [3.63, 3.8) is 0 Å². The van der Waals surface area contributed by atoms with Gasteiger partial charge in [-0.2, -0.15) is 5.10 Å². The third-order valence-corrected chi connectivity index (χ3v) is 5.64. The molecule has 2 aromatic heterocycles. The maximum Gasteiger partial charge on any atom is 0.350 e. The number of aliphatic imine (C=N–C) groups is 1. The highest BCUT2D eigenvalue weighted by Gasteiger charge is 2.20. The summed E-state index contributed by atoms with van der Waals surface area (Å²) >= 11 is 1.34. The molecule has 0 aliphatic carbocycles. The van der Waals surface area contributed by atoms with E-state index in [4.69, 9.17) is 4.74 Å². The SMILES string of the molecule is CCOC(=O)c1sc(C(C)NC(=NC)NCc2ccn(-c3ccccc3)n2)nc1C. The van der Waals surface area contributed by atoms with Gasteiger partial charge in [0.1, 0.15) is 9.88 Å². The highest BCUT2D eigenvalue weighted by atomic mass is 32.1. The summed E-state index contributed by atoms with van der Waals surface area (Å²) < 4.78 is 6.93. The number of para-hydroxylation sites is 1. The predicted octanol–water partition coefficient (Wildman–Crippen LogP) is 3.24. The van der Waals surface area contributed by atoms with Crippen molar-refractivity contribution in [2.45, 2.75) is 33.4 Å². The van der Waals surface area contributed by atoms with Crippen LogP contribution < -0.4 is 10.6 Å². The number of aromatic nitrogens is 3. The average molecular weight is 427 g/mol. The second kappa shape index (κ2) is 10.0. The Morgan fingerprint density at radius 2 is 2.07 bits per heavy atom. The van der Waals surface area contributed by atoms with Gasteiger partial charge in [0.25, 0.3) is 0 Å². The summed E-state index contributed by atoms with van der Waals surface area (Å²) in [6.07, 6.45) is 1.93. The van der Waals surface area contributed by atoms with Crippen molar-refractivity contribution in [3.8, 4) is 5.69 Å². The maximum absolute atomic E-state index is 12.0. The second-order valence-corrected chi connectivity index (χ2v) is 7.60. The lowest BCUT2D eigenvalue weighted by Crippen LogP contribution is -2.38. The van der Waals surface area contributed by atoms with Gasteiger partial charge in [-0.05, 0) is 39.0 Å². The van der Waals surface area contributed by atoms with Gasteiger partial charge in [0.2, 0.25) is 0 Å². The number of esters is 1. The number of ether oxygens (including phenoxy) is 1. The zero-order chi connectivity index (χ0) is 21.5. The van der Waals surface area contributed by atoms with Crippen molar-refractivity contribution >= 4 is 23.3 Å². The van der Waals surface area contributed by atoms with Crippen molar-refractivity contribution in [1.82, 2.24) is 25.4 Å². The molecule has 0 bridgehead atoms. The number of aryl methyl sites for hydroxylation is 1. The van der Waals surface area contributed by atoms with Crippen LogP contribution in [0.1, 0.15) is 46.0 Å². The fraction of sp³-hybridized carbons (Fsp3) is 0.333. The Balaban J connectivity index is 1.59. The number of nitrogens with one attached hydrogen (secondary N) is 2. The third kappa shape index (κ3) is 5.24. The van der Waals surface area contributed by atoms with Crippen LogP contribution in [0.4, 0.5) is 0 Å². The zero-order valence-electron chi connectivity index (χ0n) is 17.5. The summed E-state index contributed by atoms with van der Waals surface area (Å²) in [4.78, 5) is 21.3. The first-order valence-corrected chi connectivity index (χ1v) is 10.5. The summed E-state index contributed by atoms with van der Waals surface area (Å²) in [7, 11) is 1.71. The Hall–Kier alpha value is -3.20. The number of nitrogens with zero attached hydrogens (tertiary/aromatic N) is 4. The van der Waals surface area contributed by atoms with E-state index in [1.54, 1.807) is 14.0 Å². The Morgan fingerprint density at radius 3 is 2.77 bits per heavy atom. The van der Waals surface area contributed by atoms with E-state index in [2.05, 4.69) is 25.7 Å². The number of carbonyl (C=O) groups excluding carboxylic acids is 1. The maximum atomic E-state index is 12.0. The Labute approximate surface area is 180 Å². The van der Waals surface area contributed by atoms with Gasteiger partial charge in [-0.15, -0.1) is 11.3 Å². The molecule has 158 valence electrons. The lowest BCUT2D eigenvalue weighted by molar-refractivity contribution is 0.0531. The van der Waals surface area contributed by atoms with Crippen LogP contribution in [0.5, 0.6) is 0 Å². The van der Waals surface area contributed by atoms with E-state index >= 15 is 0 Å². The lowest BCUT2D eigenvalue weighted by Gasteiger charge is -2.15. The summed E-state index contributed by atoms with van der Waals surface area (Å²) in [6.45, 7) is 6.45. The predicted molar refractivity (Wildman–Crippen MR) is 118 cm³/mol. The van der Waals surface area contributed by atoms with E-state index < -0.39 is 0 Å². The average Bonchev–Trinajstić information content (AvgIpc) is 3.38. The monoisotopic (exact) mass is 426 g/mol. The number of hydrogen-bond donors (Lipinski definition) is 2. The molecule has 1 aromatic carbocycles. The van der Waals surface area contributed by atoms with Gasteiger partial charge in [-0.3, -0.25) is 4.99 Å². The smallest absolute Gasteiger partial charge is 0.350 e. The largest absolute Gasteiger partial charge is 0.462 e. The molecule has 0 aliphatic rings. The quantitative estimate of drug-likeness (QED) is 0.342. The molecule has 1 atom stereocenters. The first-order chi connectivity index (χ1) is 14.5. The Morgan fingerprint density at radius 1 is 1.30 bits per heavy atom. The van der Waals surface area contributed by atoms with Gasteiger partial charge >= 0.3 is 5.97 Å². The first kappa shape index (κ1) is 21.5. The summed E-state index contributed by atoms with van der Waals surface area (Å²) in [5.74, 6) is 0.296. The molecule has 3 aromatic rings. The molecule has 2 heterocycles. The van der Waals surface area contributed by atoms with Crippen LogP contribution in [0, 0.1) is 6.92 Å². The normalized spacial score (nSPS) is 12.5. The summed E-state index contributed by atoms with van der Waals surface area (Å²) in [6, 6.07) is 11.8. The summed E-state index contributed by atoms with van der Waals surface area (Å²) in [5, 5.41) is 12.0. The molecule has 8 nitrogen and oxygen atoms in total. The van der Waals surface area contributed by atoms with Crippen LogP contribution in [-0.4, -0.2) is 40.3 Å². The molecule has 9 heteroatoms. The van der Waals surface area contributed by atoms with Crippen LogP contribution in [-0.2, 0) is 11.3 Å². The zero-order valence-corrected chi connectivity index (χ0v) is 18.4. The van der Waals surface area contributed by atoms with Crippen LogP contribution >= 0.6 is 11.3 Å². The minimum atomic E-state index is -0.331. The molecule has 30 heavy (non-hydrogen) atoms. The highest BCUT2D eigenvalue weighted by molar-refractivity contribution is 7.13. The van der Waals surface area contributed by atoms with E-state index in [0.717, 1.165) is 16.4 Å². The Kier molecular flexibility index (Phi) is 7.18. The standard InChI is InChI=1S/C21H26N6O2S/c1-5-29-20(28)18-14(2)24-19(30-18)15(3)25-21(22-4)23-13-16-11-12-27(26-16)17-9-7-6-8-10-17/h6-12,15H,5,13H2,1-4H3,(H2,22,23,25). The molecule has 2 N–H and O–H groups in total. The fourth-order valence-corrected chi connectivity index (χ4v) is 3.77. The lowest BCUT2D eigenvalue weighted by atomic mass is 10.3. The minimum absolute atomic E-state index is 0.120. The van der Waals surface area contributed by atoms with Crippen molar-refractivity contribution in [2.24, 2.45) is 4.99 Å². The van der Waals surface area contributed by atoms with Crippen LogP contribution in [0.3, 0.4) is 0 Å². The topological polar surface area (TPSA) is 93.4 Å². The van der Waals surface area contributed by atoms with Crippen LogP contribution in [0.25, 0.3) is 5.69 Å². The van der Waals surface area contributed by atoms with Gasteiger partial charge in [0, 0.05) is 13.2 Å². The number of thiazole rings is 1. The van der Waals surface area contributed by atoms with E-state index in [1.165, 1.54) is 11.3 Å². The van der Waals surface area contributed by atoms with E-state index in [1.807, 2.05) is 61.1 Å². The number of hydrogen-bond acceptors (Lipinski definition) is 6. The van der Waals surface area contributed by atoms with Crippen LogP contribution in [0.2, 0.25) is 0 Å². The number of rotatable bonds is 7. The molecule has 0 saturated carbocycles. The van der Waals surface area contributed by atoms with Crippen LogP contribution in [0.15, 0.2) is 47.6 Å². The third-order valence-electron chi connectivity index (χ3n) is 4.32. The Bertz CT molecular complexity index is 1010. The molecule has 0 saturated heterocycles. The molecule has 0 radical (unpaired) electrons. The van der Waals surface area contributed by atoms with Crippen molar-refractivity contribution < 1.29 is 9.53 Å². The molecule has 0 aliphatic heterocycles. The van der Waals surface area contributed by atoms with Gasteiger partial charge in [-0.25, -0.2) is 14.5 Å². The molecule has 0 spiro atoms. The molecule has 3 rings (SSSR count). The van der Waals surface area contributed by atoms with E-state index in [0.29, 0.717) is 29.7 Å². The molecular weight excluding hydrogens is 400 g/mol.